The number of ether oxygens (including phenoxy) is 2. The molecule has 1 unspecified atom stereocenters. The van der Waals surface area contributed by atoms with E-state index < -0.39 is 10.0 Å². The molecule has 3 aliphatic heterocycles. The first-order valence-electron chi connectivity index (χ1n) is 7.48. The lowest BCUT2D eigenvalue weighted by Crippen LogP contribution is -2.43. The van der Waals surface area contributed by atoms with Crippen LogP contribution in [0.3, 0.4) is 0 Å². The summed E-state index contributed by atoms with van der Waals surface area (Å²) in [5.74, 6) is 0.0569. The summed E-state index contributed by atoms with van der Waals surface area (Å²) in [5.41, 5.74) is 0.211. The zero-order valence-electron chi connectivity index (χ0n) is 12.3. The van der Waals surface area contributed by atoms with Crippen LogP contribution in [-0.2, 0) is 19.5 Å². The molecule has 0 aromatic carbocycles. The summed E-state index contributed by atoms with van der Waals surface area (Å²) in [4.78, 5) is 0. The lowest BCUT2D eigenvalue weighted by Gasteiger charge is -2.33. The van der Waals surface area contributed by atoms with Crippen LogP contribution in [0.4, 0.5) is 0 Å². The molecule has 1 N–H and O–H groups in total. The fourth-order valence-electron chi connectivity index (χ4n) is 3.47. The average Bonchev–Trinajstić information content (AvgIpc) is 2.85. The molecule has 124 valence electrons. The normalized spacial score (nSPS) is 30.2. The van der Waals surface area contributed by atoms with Crippen LogP contribution in [-0.4, -0.2) is 70.6 Å². The van der Waals surface area contributed by atoms with Gasteiger partial charge in [0.2, 0.25) is 10.0 Å². The molecule has 8 heteroatoms. The molecule has 3 heterocycles. The van der Waals surface area contributed by atoms with Gasteiger partial charge in [-0.3, -0.25) is 0 Å². The summed E-state index contributed by atoms with van der Waals surface area (Å²) in [7, 11) is -3.23. The number of nitrogens with one attached hydrogen (secondary N) is 1. The summed E-state index contributed by atoms with van der Waals surface area (Å²) in [6, 6.07) is 0. The lowest BCUT2D eigenvalue weighted by molar-refractivity contribution is -0.0785. The van der Waals surface area contributed by atoms with Gasteiger partial charge in [0.05, 0.1) is 31.7 Å². The highest BCUT2D eigenvalue weighted by atomic mass is 35.5. The largest absolute Gasteiger partial charge is 0.376 e. The molecular weight excluding hydrogens is 316 g/mol. The van der Waals surface area contributed by atoms with Crippen molar-refractivity contribution in [3.05, 3.63) is 0 Å². The van der Waals surface area contributed by atoms with Crippen molar-refractivity contribution in [1.29, 1.82) is 0 Å². The Balaban J connectivity index is 0.00000161. The molecule has 0 aliphatic carbocycles. The molecule has 3 rings (SSSR count). The molecule has 0 saturated carbocycles. The van der Waals surface area contributed by atoms with Gasteiger partial charge in [-0.15, -0.1) is 12.4 Å². The summed E-state index contributed by atoms with van der Waals surface area (Å²) in [5, 5.41) is 3.35. The maximum Gasteiger partial charge on any atom is 0.216 e. The van der Waals surface area contributed by atoms with Crippen LogP contribution < -0.4 is 5.32 Å². The molecule has 21 heavy (non-hydrogen) atoms. The van der Waals surface area contributed by atoms with E-state index in [2.05, 4.69) is 5.32 Å². The van der Waals surface area contributed by atoms with Gasteiger partial charge in [-0.2, -0.15) is 0 Å². The van der Waals surface area contributed by atoms with Gasteiger partial charge in [-0.25, -0.2) is 12.7 Å². The first-order valence-corrected chi connectivity index (χ1v) is 9.09. The van der Waals surface area contributed by atoms with Crippen LogP contribution in [0, 0.1) is 5.41 Å². The maximum absolute atomic E-state index is 12.5. The van der Waals surface area contributed by atoms with Crippen molar-refractivity contribution in [2.24, 2.45) is 5.41 Å². The number of hydrogen-bond donors (Lipinski definition) is 1. The fraction of sp³-hybridized carbons (Fsp3) is 1.00. The quantitative estimate of drug-likeness (QED) is 0.796. The van der Waals surface area contributed by atoms with Crippen molar-refractivity contribution in [2.45, 2.75) is 25.4 Å². The molecule has 1 spiro atoms. The van der Waals surface area contributed by atoms with Gasteiger partial charge in [0.1, 0.15) is 0 Å². The van der Waals surface area contributed by atoms with Gasteiger partial charge in [-0.05, 0) is 37.8 Å². The van der Waals surface area contributed by atoms with Crippen molar-refractivity contribution in [3.63, 3.8) is 0 Å². The van der Waals surface area contributed by atoms with E-state index in [9.17, 15) is 8.42 Å². The van der Waals surface area contributed by atoms with Gasteiger partial charge in [0.15, 0.2) is 0 Å². The number of nitrogens with zero attached hydrogens (tertiary/aromatic N) is 1. The molecule has 6 nitrogen and oxygen atoms in total. The first-order chi connectivity index (χ1) is 9.60. The monoisotopic (exact) mass is 340 g/mol. The maximum atomic E-state index is 12.5. The Morgan fingerprint density at radius 2 is 1.95 bits per heavy atom. The van der Waals surface area contributed by atoms with E-state index in [0.717, 1.165) is 32.4 Å². The number of hydrogen-bond acceptors (Lipinski definition) is 5. The summed E-state index contributed by atoms with van der Waals surface area (Å²) in [6.45, 7) is 4.82. The number of halogens is 1. The van der Waals surface area contributed by atoms with Crippen molar-refractivity contribution in [1.82, 2.24) is 9.62 Å². The van der Waals surface area contributed by atoms with Gasteiger partial charge in [0.25, 0.3) is 0 Å². The minimum atomic E-state index is -3.23. The molecule has 3 aliphatic rings. The van der Waals surface area contributed by atoms with Gasteiger partial charge >= 0.3 is 0 Å². The first kappa shape index (κ1) is 17.4. The highest BCUT2D eigenvalue weighted by Crippen LogP contribution is 2.39. The minimum absolute atomic E-state index is 0. The summed E-state index contributed by atoms with van der Waals surface area (Å²) in [6.07, 6.45) is 2.86. The Morgan fingerprint density at radius 3 is 2.62 bits per heavy atom. The Kier molecular flexibility index (Phi) is 5.90. The van der Waals surface area contributed by atoms with Gasteiger partial charge in [0, 0.05) is 13.1 Å². The van der Waals surface area contributed by atoms with E-state index in [-0.39, 0.29) is 29.7 Å². The summed E-state index contributed by atoms with van der Waals surface area (Å²) < 4.78 is 37.4. The molecular formula is C13H25ClN2O4S. The molecule has 3 saturated heterocycles. The Bertz CT molecular complexity index is 433. The molecule has 0 amide bonds. The number of rotatable bonds is 3. The van der Waals surface area contributed by atoms with E-state index >= 15 is 0 Å². The molecule has 3 fully saturated rings. The zero-order valence-corrected chi connectivity index (χ0v) is 13.9. The molecule has 0 aromatic rings. The van der Waals surface area contributed by atoms with E-state index in [4.69, 9.17) is 9.47 Å². The molecule has 0 aromatic heterocycles. The zero-order chi connectivity index (χ0) is 14.1. The number of sulfonamides is 1. The predicted octanol–water partition coefficient (Wildman–Crippen LogP) is 0.229. The van der Waals surface area contributed by atoms with Crippen molar-refractivity contribution in [3.8, 4) is 0 Å². The van der Waals surface area contributed by atoms with E-state index in [1.807, 2.05) is 0 Å². The van der Waals surface area contributed by atoms with Gasteiger partial charge in [-0.1, -0.05) is 0 Å². The third-order valence-electron chi connectivity index (χ3n) is 4.74. The van der Waals surface area contributed by atoms with Crippen LogP contribution in [0.1, 0.15) is 19.3 Å². The van der Waals surface area contributed by atoms with E-state index in [0.29, 0.717) is 32.9 Å². The van der Waals surface area contributed by atoms with Crippen molar-refractivity contribution in [2.75, 3.05) is 51.8 Å². The van der Waals surface area contributed by atoms with Crippen molar-refractivity contribution < 1.29 is 17.9 Å². The third-order valence-corrected chi connectivity index (χ3v) is 6.63. The highest BCUT2D eigenvalue weighted by Gasteiger charge is 2.43. The smallest absolute Gasteiger partial charge is 0.216 e. The SMILES string of the molecule is Cl.O=S(=O)(CC1COCCO1)N1CCC2(CCNCC2)C1. The third kappa shape index (κ3) is 4.09. The van der Waals surface area contributed by atoms with Crippen LogP contribution >= 0.6 is 12.4 Å². The Labute approximate surface area is 133 Å². The van der Waals surface area contributed by atoms with Crippen LogP contribution in [0.25, 0.3) is 0 Å². The van der Waals surface area contributed by atoms with Crippen LogP contribution in [0.2, 0.25) is 0 Å². The topological polar surface area (TPSA) is 67.9 Å². The van der Waals surface area contributed by atoms with Gasteiger partial charge < -0.3 is 14.8 Å². The fourth-order valence-corrected chi connectivity index (χ4v) is 5.18. The van der Waals surface area contributed by atoms with Crippen LogP contribution in [0.5, 0.6) is 0 Å². The van der Waals surface area contributed by atoms with E-state index in [1.165, 1.54) is 0 Å². The standard InChI is InChI=1S/C13H24N2O4S.ClH/c16-20(17,10-12-9-18-7-8-19-12)15-6-3-13(11-15)1-4-14-5-2-13;/h12,14H,1-11H2;1H. The van der Waals surface area contributed by atoms with E-state index in [1.54, 1.807) is 4.31 Å². The second-order valence-corrected chi connectivity index (χ2v) is 8.19. The Morgan fingerprint density at radius 1 is 1.19 bits per heavy atom. The second kappa shape index (κ2) is 7.10. The number of piperidine rings is 1. The minimum Gasteiger partial charge on any atom is -0.376 e. The Hall–Kier alpha value is 0.0800. The average molecular weight is 341 g/mol. The van der Waals surface area contributed by atoms with Crippen molar-refractivity contribution >= 4 is 22.4 Å². The van der Waals surface area contributed by atoms with Crippen LogP contribution in [0.15, 0.2) is 0 Å². The highest BCUT2D eigenvalue weighted by molar-refractivity contribution is 7.89. The molecule has 0 radical (unpaired) electrons. The summed E-state index contributed by atoms with van der Waals surface area (Å²) >= 11 is 0. The lowest BCUT2D eigenvalue weighted by atomic mass is 9.78. The predicted molar refractivity (Wildman–Crippen MR) is 82.3 cm³/mol. The molecule has 0 bridgehead atoms. The molecule has 1 atom stereocenters. The second-order valence-electron chi connectivity index (χ2n) is 6.18.